The van der Waals surface area contributed by atoms with Crippen LogP contribution in [-0.2, 0) is 4.43 Å². The summed E-state index contributed by atoms with van der Waals surface area (Å²) < 4.78 is 6.45. The fraction of sp³-hybridized carbons (Fsp3) is 1.00. The summed E-state index contributed by atoms with van der Waals surface area (Å²) in [6.07, 6.45) is 3.30. The van der Waals surface area contributed by atoms with Crippen molar-refractivity contribution in [1.29, 1.82) is 0 Å². The first-order valence-corrected chi connectivity index (χ1v) is 8.86. The highest BCUT2D eigenvalue weighted by molar-refractivity contribution is 6.74. The maximum Gasteiger partial charge on any atom is 0.192 e. The van der Waals surface area contributed by atoms with Crippen LogP contribution in [0.4, 0.5) is 0 Å². The normalized spacial score (nSPS) is 39.6. The lowest BCUT2D eigenvalue weighted by molar-refractivity contribution is -0.262. The Morgan fingerprint density at radius 3 is 2.00 bits per heavy atom. The van der Waals surface area contributed by atoms with E-state index in [4.69, 9.17) is 4.43 Å². The van der Waals surface area contributed by atoms with Gasteiger partial charge in [-0.05, 0) is 37.4 Å². The summed E-state index contributed by atoms with van der Waals surface area (Å²) in [4.78, 5) is 0. The molecular weight excluding hydrogens is 204 g/mol. The molecule has 88 valence electrons. The van der Waals surface area contributed by atoms with Gasteiger partial charge in [-0.15, -0.1) is 0 Å². The Kier molecular flexibility index (Phi) is 2.23. The van der Waals surface area contributed by atoms with Gasteiger partial charge in [0.25, 0.3) is 0 Å². The molecule has 3 rings (SSSR count). The summed E-state index contributed by atoms with van der Waals surface area (Å²) in [5.41, 5.74) is 0.439. The van der Waals surface area contributed by atoms with Gasteiger partial charge in [-0.3, -0.25) is 0 Å². The minimum Gasteiger partial charge on any atom is -0.411 e. The molecule has 2 bridgehead atoms. The molecule has 1 N–H and O–H groups in total. The first kappa shape index (κ1) is 11.6. The Bertz CT molecular complexity index is 258. The van der Waals surface area contributed by atoms with Crippen LogP contribution in [0.2, 0.25) is 18.1 Å². The predicted octanol–water partition coefficient (Wildman–Crippen LogP) is 2.92. The van der Waals surface area contributed by atoms with Crippen LogP contribution in [0, 0.1) is 5.41 Å². The first-order chi connectivity index (χ1) is 6.64. The molecule has 0 amide bonds. The first-order valence-electron chi connectivity index (χ1n) is 5.95. The minimum atomic E-state index is -1.60. The quantitative estimate of drug-likeness (QED) is 0.753. The molecule has 0 aliphatic heterocycles. The summed E-state index contributed by atoms with van der Waals surface area (Å²) in [6, 6.07) is 0. The standard InChI is InChI=1S/C12H24O2Si/c1-10(2,3)15(4,5)14-12-6-11(7-12,8-12)9-13/h13H,6-9H2,1-5H3. The summed E-state index contributed by atoms with van der Waals surface area (Å²) in [7, 11) is -1.60. The highest BCUT2D eigenvalue weighted by atomic mass is 28.4. The minimum absolute atomic E-state index is 0.172. The third kappa shape index (κ3) is 1.59. The molecule has 3 heteroatoms. The molecule has 3 saturated carbocycles. The fourth-order valence-electron chi connectivity index (χ4n) is 2.87. The smallest absolute Gasteiger partial charge is 0.192 e. The van der Waals surface area contributed by atoms with E-state index in [1.807, 2.05) is 0 Å². The van der Waals surface area contributed by atoms with Crippen molar-refractivity contribution < 1.29 is 9.53 Å². The van der Waals surface area contributed by atoms with Crippen LogP contribution in [0.3, 0.4) is 0 Å². The average molecular weight is 228 g/mol. The van der Waals surface area contributed by atoms with Gasteiger partial charge in [0.05, 0.1) is 5.60 Å². The van der Waals surface area contributed by atoms with Crippen LogP contribution in [0.15, 0.2) is 0 Å². The van der Waals surface area contributed by atoms with Gasteiger partial charge in [0.15, 0.2) is 8.32 Å². The zero-order valence-corrected chi connectivity index (χ0v) is 11.7. The van der Waals surface area contributed by atoms with Crippen LogP contribution in [0.5, 0.6) is 0 Å². The predicted molar refractivity (Wildman–Crippen MR) is 64.4 cm³/mol. The third-order valence-electron chi connectivity index (χ3n) is 4.70. The lowest BCUT2D eigenvalue weighted by Crippen LogP contribution is -2.72. The number of hydrogen-bond donors (Lipinski definition) is 1. The summed E-state index contributed by atoms with van der Waals surface area (Å²) in [5, 5.41) is 9.51. The molecule has 0 heterocycles. The highest BCUT2D eigenvalue weighted by Crippen LogP contribution is 2.70. The van der Waals surface area contributed by atoms with Gasteiger partial charge < -0.3 is 9.53 Å². The van der Waals surface area contributed by atoms with E-state index in [1.54, 1.807) is 0 Å². The molecule has 0 saturated heterocycles. The van der Waals surface area contributed by atoms with Gasteiger partial charge in [-0.2, -0.15) is 0 Å². The summed E-state index contributed by atoms with van der Waals surface area (Å²) in [6.45, 7) is 11.8. The van der Waals surface area contributed by atoms with Gasteiger partial charge in [-0.1, -0.05) is 20.8 Å². The monoisotopic (exact) mass is 228 g/mol. The molecule has 0 atom stereocenters. The lowest BCUT2D eigenvalue weighted by atomic mass is 9.42. The zero-order chi connectivity index (χ0) is 11.5. The van der Waals surface area contributed by atoms with E-state index in [0.717, 1.165) is 19.3 Å². The Labute approximate surface area is 94.2 Å². The molecule has 0 aromatic rings. The topological polar surface area (TPSA) is 29.5 Å². The van der Waals surface area contributed by atoms with Crippen LogP contribution in [0.1, 0.15) is 40.0 Å². The van der Waals surface area contributed by atoms with Gasteiger partial charge in [0, 0.05) is 12.0 Å². The number of aliphatic hydroxyl groups excluding tert-OH is 1. The molecule has 0 spiro atoms. The van der Waals surface area contributed by atoms with Gasteiger partial charge >= 0.3 is 0 Å². The van der Waals surface area contributed by atoms with Crippen molar-refractivity contribution >= 4 is 8.32 Å². The van der Waals surface area contributed by atoms with E-state index in [9.17, 15) is 5.11 Å². The second-order valence-corrected chi connectivity index (χ2v) is 12.0. The van der Waals surface area contributed by atoms with E-state index in [1.165, 1.54) is 0 Å². The molecule has 3 aliphatic carbocycles. The van der Waals surface area contributed by atoms with Crippen LogP contribution < -0.4 is 0 Å². The fourth-order valence-corrected chi connectivity index (χ4v) is 4.47. The Balaban J connectivity index is 1.96. The number of aliphatic hydroxyl groups is 1. The van der Waals surface area contributed by atoms with Crippen LogP contribution >= 0.6 is 0 Å². The third-order valence-corrected chi connectivity index (χ3v) is 9.26. The molecule has 15 heavy (non-hydrogen) atoms. The summed E-state index contributed by atoms with van der Waals surface area (Å²) in [5.74, 6) is 0. The number of hydrogen-bond acceptors (Lipinski definition) is 2. The maximum atomic E-state index is 9.21. The van der Waals surface area contributed by atoms with Crippen molar-refractivity contribution in [3.63, 3.8) is 0 Å². The summed E-state index contributed by atoms with van der Waals surface area (Å²) >= 11 is 0. The largest absolute Gasteiger partial charge is 0.411 e. The van der Waals surface area contributed by atoms with E-state index in [-0.39, 0.29) is 11.0 Å². The van der Waals surface area contributed by atoms with Gasteiger partial charge in [0.2, 0.25) is 0 Å². The molecule has 0 aromatic carbocycles. The molecule has 3 aliphatic rings. The number of rotatable bonds is 3. The second kappa shape index (κ2) is 2.87. The Hall–Kier alpha value is 0.137. The SMILES string of the molecule is CC(C)(C)[Si](C)(C)OC12CC(CO)(C1)C2. The van der Waals surface area contributed by atoms with E-state index < -0.39 is 8.32 Å². The zero-order valence-electron chi connectivity index (χ0n) is 10.7. The van der Waals surface area contributed by atoms with Crippen molar-refractivity contribution in [2.75, 3.05) is 6.61 Å². The van der Waals surface area contributed by atoms with Gasteiger partial charge in [0.1, 0.15) is 0 Å². The Morgan fingerprint density at radius 2 is 1.67 bits per heavy atom. The molecule has 0 radical (unpaired) electrons. The van der Waals surface area contributed by atoms with Gasteiger partial charge in [-0.25, -0.2) is 0 Å². The van der Waals surface area contributed by atoms with E-state index in [0.29, 0.717) is 11.6 Å². The molecular formula is C12H24O2Si. The molecule has 3 fully saturated rings. The van der Waals surface area contributed by atoms with Crippen molar-refractivity contribution in [2.24, 2.45) is 5.41 Å². The Morgan fingerprint density at radius 1 is 1.20 bits per heavy atom. The van der Waals surface area contributed by atoms with Crippen LogP contribution in [0.25, 0.3) is 0 Å². The molecule has 0 unspecified atom stereocenters. The second-order valence-electron chi connectivity index (χ2n) is 7.23. The molecule has 0 aromatic heterocycles. The van der Waals surface area contributed by atoms with Crippen molar-refractivity contribution in [3.05, 3.63) is 0 Å². The van der Waals surface area contributed by atoms with Crippen molar-refractivity contribution in [1.82, 2.24) is 0 Å². The van der Waals surface area contributed by atoms with E-state index >= 15 is 0 Å². The lowest BCUT2D eigenvalue weighted by Gasteiger charge is -2.71. The van der Waals surface area contributed by atoms with Crippen molar-refractivity contribution in [3.8, 4) is 0 Å². The van der Waals surface area contributed by atoms with E-state index in [2.05, 4.69) is 33.9 Å². The van der Waals surface area contributed by atoms with Crippen LogP contribution in [-0.4, -0.2) is 25.6 Å². The average Bonchev–Trinajstić information content (AvgIpc) is 1.91. The molecule has 2 nitrogen and oxygen atoms in total. The maximum absolute atomic E-state index is 9.21. The van der Waals surface area contributed by atoms with Crippen molar-refractivity contribution in [2.45, 2.75) is 63.8 Å². The highest BCUT2D eigenvalue weighted by Gasteiger charge is 2.69.